The van der Waals surface area contributed by atoms with Crippen molar-refractivity contribution in [2.45, 2.75) is 6.92 Å². The lowest BCUT2D eigenvalue weighted by atomic mass is 9.98. The van der Waals surface area contributed by atoms with E-state index in [0.29, 0.717) is 11.3 Å². The fraction of sp³-hybridized carbons (Fsp3) is 0.143. The second-order valence-corrected chi connectivity index (χ2v) is 5.91. The predicted molar refractivity (Wildman–Crippen MR) is 105 cm³/mol. The molecule has 6 heteroatoms. The van der Waals surface area contributed by atoms with Gasteiger partial charge in [-0.15, -0.1) is 11.6 Å². The summed E-state index contributed by atoms with van der Waals surface area (Å²) < 4.78 is 11.1. The number of anilines is 1. The molecule has 0 saturated carbocycles. The molecule has 1 N–H and O–H groups in total. The molecule has 0 fully saturated rings. The smallest absolute Gasteiger partial charge is 0.344 e. The van der Waals surface area contributed by atoms with E-state index in [1.165, 1.54) is 0 Å². The van der Waals surface area contributed by atoms with Gasteiger partial charge in [0.15, 0.2) is 0 Å². The van der Waals surface area contributed by atoms with E-state index in [9.17, 15) is 9.59 Å². The van der Waals surface area contributed by atoms with Gasteiger partial charge in [-0.25, -0.2) is 4.79 Å². The summed E-state index contributed by atoms with van der Waals surface area (Å²) >= 11 is 5.61. The maximum absolute atomic E-state index is 12.7. The molecule has 2 aromatic carbocycles. The molecule has 0 unspecified atom stereocenters. The molecular weight excluding hydrogens is 366 g/mol. The molecule has 0 atom stereocenters. The van der Waals surface area contributed by atoms with Crippen LogP contribution in [-0.4, -0.2) is 24.4 Å². The van der Waals surface area contributed by atoms with Crippen molar-refractivity contribution in [3.8, 4) is 22.5 Å². The molecule has 0 aliphatic carbocycles. The number of hydrogen-bond donors (Lipinski definition) is 1. The average molecular weight is 384 g/mol. The van der Waals surface area contributed by atoms with Crippen LogP contribution in [0.3, 0.4) is 0 Å². The van der Waals surface area contributed by atoms with E-state index in [2.05, 4.69) is 5.32 Å². The number of carbonyl (C=O) groups excluding carboxylic acids is 2. The lowest BCUT2D eigenvalue weighted by Gasteiger charge is -2.07. The molecule has 0 aliphatic rings. The number of nitrogens with one attached hydrogen (secondary N) is 1. The third-order valence-electron chi connectivity index (χ3n) is 3.86. The van der Waals surface area contributed by atoms with E-state index in [1.807, 2.05) is 60.7 Å². The number of carbonyl (C=O) groups is 2. The number of benzene rings is 2. The van der Waals surface area contributed by atoms with E-state index in [1.54, 1.807) is 6.92 Å². The largest absolute Gasteiger partial charge is 0.462 e. The van der Waals surface area contributed by atoms with Crippen molar-refractivity contribution in [2.24, 2.45) is 0 Å². The van der Waals surface area contributed by atoms with E-state index < -0.39 is 11.9 Å². The van der Waals surface area contributed by atoms with Gasteiger partial charge in [0.2, 0.25) is 11.8 Å². The molecule has 0 radical (unpaired) electrons. The Kier molecular flexibility index (Phi) is 5.94. The molecular formula is C21H18ClNO4. The van der Waals surface area contributed by atoms with Gasteiger partial charge < -0.3 is 9.15 Å². The number of rotatable bonds is 6. The minimum absolute atomic E-state index is 0.0248. The summed E-state index contributed by atoms with van der Waals surface area (Å²) in [5, 5.41) is 2.56. The third-order valence-corrected chi connectivity index (χ3v) is 4.10. The highest BCUT2D eigenvalue weighted by Gasteiger charge is 2.29. The molecule has 1 aromatic heterocycles. The lowest BCUT2D eigenvalue weighted by Crippen LogP contribution is -2.15. The molecule has 0 spiro atoms. The van der Waals surface area contributed by atoms with Gasteiger partial charge in [0.25, 0.3) is 0 Å². The van der Waals surface area contributed by atoms with Crippen molar-refractivity contribution in [3.05, 3.63) is 66.2 Å². The summed E-state index contributed by atoms with van der Waals surface area (Å²) in [5.74, 6) is -0.821. The minimum atomic E-state index is -0.577. The van der Waals surface area contributed by atoms with Crippen molar-refractivity contribution in [3.63, 3.8) is 0 Å². The Morgan fingerprint density at radius 1 is 1.00 bits per heavy atom. The van der Waals surface area contributed by atoms with Crippen LogP contribution in [0.5, 0.6) is 0 Å². The van der Waals surface area contributed by atoms with E-state index in [4.69, 9.17) is 20.8 Å². The second kappa shape index (κ2) is 8.56. The van der Waals surface area contributed by atoms with Gasteiger partial charge in [0.05, 0.1) is 6.61 Å². The second-order valence-electron chi connectivity index (χ2n) is 5.64. The number of alkyl halides is 1. The number of hydrogen-bond acceptors (Lipinski definition) is 4. The predicted octanol–water partition coefficient (Wildman–Crippen LogP) is 4.97. The van der Waals surface area contributed by atoms with Gasteiger partial charge in [0.1, 0.15) is 17.2 Å². The van der Waals surface area contributed by atoms with Gasteiger partial charge in [0, 0.05) is 11.1 Å². The van der Waals surface area contributed by atoms with Gasteiger partial charge in [-0.1, -0.05) is 60.7 Å². The Morgan fingerprint density at radius 2 is 1.59 bits per heavy atom. The van der Waals surface area contributed by atoms with Crippen molar-refractivity contribution in [1.29, 1.82) is 0 Å². The molecule has 3 aromatic rings. The first-order valence-corrected chi connectivity index (χ1v) is 8.99. The van der Waals surface area contributed by atoms with E-state index in [-0.39, 0.29) is 23.9 Å². The summed E-state index contributed by atoms with van der Waals surface area (Å²) in [6, 6.07) is 18.7. The summed E-state index contributed by atoms with van der Waals surface area (Å²) in [5.41, 5.74) is 2.27. The zero-order chi connectivity index (χ0) is 19.2. The maximum Gasteiger partial charge on any atom is 0.344 e. The van der Waals surface area contributed by atoms with Crippen LogP contribution in [0.4, 0.5) is 5.88 Å². The highest BCUT2D eigenvalue weighted by Crippen LogP contribution is 2.42. The van der Waals surface area contributed by atoms with Crippen LogP contribution in [0.25, 0.3) is 22.5 Å². The first kappa shape index (κ1) is 18.7. The topological polar surface area (TPSA) is 68.5 Å². The standard InChI is InChI=1S/C21H18ClNO4/c1-2-26-21(25)18-17(14-9-5-3-6-10-14)19(15-11-7-4-8-12-15)27-20(18)23-16(24)13-22/h3-12H,2,13H2,1H3,(H,23,24). The van der Waals surface area contributed by atoms with Crippen LogP contribution in [-0.2, 0) is 9.53 Å². The molecule has 5 nitrogen and oxygen atoms in total. The Labute approximate surface area is 161 Å². The fourth-order valence-corrected chi connectivity index (χ4v) is 2.82. The maximum atomic E-state index is 12.7. The molecule has 3 rings (SSSR count). The number of ether oxygens (including phenoxy) is 1. The van der Waals surface area contributed by atoms with Gasteiger partial charge in [-0.05, 0) is 12.5 Å². The first-order valence-electron chi connectivity index (χ1n) is 8.46. The monoisotopic (exact) mass is 383 g/mol. The molecule has 0 saturated heterocycles. The van der Waals surface area contributed by atoms with Crippen molar-refractivity contribution in [2.75, 3.05) is 17.8 Å². The molecule has 0 bridgehead atoms. The SMILES string of the molecule is CCOC(=O)c1c(NC(=O)CCl)oc(-c2ccccc2)c1-c1ccccc1. The van der Waals surface area contributed by atoms with Crippen LogP contribution in [0, 0.1) is 0 Å². The molecule has 1 amide bonds. The highest BCUT2D eigenvalue weighted by atomic mass is 35.5. The van der Waals surface area contributed by atoms with Crippen molar-refractivity contribution >= 4 is 29.4 Å². The van der Waals surface area contributed by atoms with Gasteiger partial charge >= 0.3 is 5.97 Å². The number of amides is 1. The van der Waals surface area contributed by atoms with E-state index >= 15 is 0 Å². The van der Waals surface area contributed by atoms with Gasteiger partial charge in [-0.2, -0.15) is 0 Å². The van der Waals surface area contributed by atoms with Crippen LogP contribution in [0.2, 0.25) is 0 Å². The number of halogens is 1. The van der Waals surface area contributed by atoms with Crippen LogP contribution >= 0.6 is 11.6 Å². The lowest BCUT2D eigenvalue weighted by molar-refractivity contribution is -0.114. The Morgan fingerprint density at radius 3 is 2.15 bits per heavy atom. The van der Waals surface area contributed by atoms with Crippen molar-refractivity contribution in [1.82, 2.24) is 0 Å². The summed E-state index contributed by atoms with van der Waals surface area (Å²) in [6.45, 7) is 1.91. The van der Waals surface area contributed by atoms with E-state index in [0.717, 1.165) is 11.1 Å². The Balaban J connectivity index is 2.28. The fourth-order valence-electron chi connectivity index (χ4n) is 2.75. The third kappa shape index (κ3) is 4.04. The zero-order valence-electron chi connectivity index (χ0n) is 14.7. The summed E-state index contributed by atoms with van der Waals surface area (Å²) in [6.07, 6.45) is 0. The highest BCUT2D eigenvalue weighted by molar-refractivity contribution is 6.29. The molecule has 138 valence electrons. The Bertz CT molecular complexity index is 936. The summed E-state index contributed by atoms with van der Waals surface area (Å²) in [4.78, 5) is 24.6. The average Bonchev–Trinajstić information content (AvgIpc) is 3.08. The van der Waals surface area contributed by atoms with Crippen molar-refractivity contribution < 1.29 is 18.7 Å². The van der Waals surface area contributed by atoms with Crippen LogP contribution in [0.1, 0.15) is 17.3 Å². The summed E-state index contributed by atoms with van der Waals surface area (Å²) in [7, 11) is 0. The molecule has 27 heavy (non-hydrogen) atoms. The normalized spacial score (nSPS) is 10.4. The molecule has 1 heterocycles. The first-order chi connectivity index (χ1) is 13.2. The van der Waals surface area contributed by atoms with Gasteiger partial charge in [-0.3, -0.25) is 10.1 Å². The number of esters is 1. The Hall–Kier alpha value is -3.05. The zero-order valence-corrected chi connectivity index (χ0v) is 15.5. The van der Waals surface area contributed by atoms with Crippen LogP contribution < -0.4 is 5.32 Å². The minimum Gasteiger partial charge on any atom is -0.462 e. The quantitative estimate of drug-likeness (QED) is 0.482. The van der Waals surface area contributed by atoms with Crippen LogP contribution in [0.15, 0.2) is 65.1 Å². The molecule has 0 aliphatic heterocycles. The number of furan rings is 1.